The number of piperazine rings is 1. The van der Waals surface area contributed by atoms with Crippen LogP contribution in [0, 0.1) is 13.8 Å². The minimum Gasteiger partial charge on any atom is -0.336 e. The lowest BCUT2D eigenvalue weighted by Gasteiger charge is -2.35. The molecule has 1 amide bonds. The lowest BCUT2D eigenvalue weighted by molar-refractivity contribution is 0.0628. The van der Waals surface area contributed by atoms with Crippen LogP contribution in [0.1, 0.15) is 27.0 Å². The Bertz CT molecular complexity index is 763. The molecule has 0 radical (unpaired) electrons. The maximum absolute atomic E-state index is 12.7. The van der Waals surface area contributed by atoms with Crippen molar-refractivity contribution >= 4 is 29.1 Å². The molecule has 0 unspecified atom stereocenters. The van der Waals surface area contributed by atoms with Gasteiger partial charge < -0.3 is 4.90 Å². The van der Waals surface area contributed by atoms with Gasteiger partial charge in [-0.15, -0.1) is 0 Å². The fraction of sp³-hybridized carbons (Fsp3) is 0.350. The van der Waals surface area contributed by atoms with Crippen LogP contribution in [-0.4, -0.2) is 41.9 Å². The number of benzene rings is 2. The monoisotopic (exact) mass is 376 g/mol. The van der Waals surface area contributed by atoms with Gasteiger partial charge in [-0.25, -0.2) is 0 Å². The van der Waals surface area contributed by atoms with Gasteiger partial charge in [-0.2, -0.15) is 0 Å². The summed E-state index contributed by atoms with van der Waals surface area (Å²) >= 11 is 12.5. The molecule has 0 aliphatic carbocycles. The van der Waals surface area contributed by atoms with Crippen molar-refractivity contribution in [1.82, 2.24) is 9.80 Å². The Labute approximate surface area is 159 Å². The molecule has 132 valence electrons. The van der Waals surface area contributed by atoms with Crippen molar-refractivity contribution in [1.29, 1.82) is 0 Å². The highest BCUT2D eigenvalue weighted by atomic mass is 35.5. The number of rotatable bonds is 3. The average molecular weight is 377 g/mol. The summed E-state index contributed by atoms with van der Waals surface area (Å²) in [5, 5.41) is 1.39. The van der Waals surface area contributed by atoms with Crippen LogP contribution in [-0.2, 0) is 6.54 Å². The zero-order valence-corrected chi connectivity index (χ0v) is 16.1. The maximum atomic E-state index is 12.7. The summed E-state index contributed by atoms with van der Waals surface area (Å²) in [4.78, 5) is 16.9. The first-order valence-electron chi connectivity index (χ1n) is 8.47. The second-order valence-electron chi connectivity index (χ2n) is 6.57. The van der Waals surface area contributed by atoms with Crippen LogP contribution in [0.25, 0.3) is 0 Å². The Hall–Kier alpha value is -1.55. The molecule has 0 atom stereocenters. The molecule has 0 N–H and O–H groups in total. The molecule has 1 heterocycles. The molecule has 1 aliphatic rings. The summed E-state index contributed by atoms with van der Waals surface area (Å²) in [6, 6.07) is 11.5. The van der Waals surface area contributed by atoms with Crippen molar-refractivity contribution in [2.45, 2.75) is 20.4 Å². The largest absolute Gasteiger partial charge is 0.336 e. The number of amides is 1. The molecular weight excluding hydrogens is 355 g/mol. The Morgan fingerprint density at radius 2 is 1.60 bits per heavy atom. The molecule has 1 fully saturated rings. The topological polar surface area (TPSA) is 23.6 Å². The molecule has 0 bridgehead atoms. The van der Waals surface area contributed by atoms with Crippen molar-refractivity contribution in [3.8, 4) is 0 Å². The van der Waals surface area contributed by atoms with Gasteiger partial charge in [0.2, 0.25) is 0 Å². The summed E-state index contributed by atoms with van der Waals surface area (Å²) in [7, 11) is 0. The van der Waals surface area contributed by atoms with E-state index in [-0.39, 0.29) is 5.91 Å². The molecule has 2 aromatic carbocycles. The standard InChI is InChI=1S/C20H22Cl2N2O/c1-14-6-7-16(12-15(14)2)20(25)24-10-8-23(9-11-24)13-17-18(21)4-3-5-19(17)22/h3-7,12H,8-11,13H2,1-2H3. The highest BCUT2D eigenvalue weighted by Crippen LogP contribution is 2.26. The van der Waals surface area contributed by atoms with Crippen LogP contribution in [0.5, 0.6) is 0 Å². The third kappa shape index (κ3) is 4.17. The molecule has 0 saturated carbocycles. The Kier molecular flexibility index (Phi) is 5.67. The van der Waals surface area contributed by atoms with Crippen LogP contribution in [0.4, 0.5) is 0 Å². The van der Waals surface area contributed by atoms with E-state index >= 15 is 0 Å². The van der Waals surface area contributed by atoms with Crippen molar-refractivity contribution in [3.63, 3.8) is 0 Å². The Morgan fingerprint density at radius 3 is 2.20 bits per heavy atom. The molecule has 0 spiro atoms. The van der Waals surface area contributed by atoms with Gasteiger partial charge in [0.1, 0.15) is 0 Å². The van der Waals surface area contributed by atoms with Crippen molar-refractivity contribution < 1.29 is 4.79 Å². The smallest absolute Gasteiger partial charge is 0.253 e. The second-order valence-corrected chi connectivity index (χ2v) is 7.38. The summed E-state index contributed by atoms with van der Waals surface area (Å²) in [6.45, 7) is 7.88. The Balaban J connectivity index is 1.61. The molecule has 3 rings (SSSR count). The van der Waals surface area contributed by atoms with Gasteiger partial charge >= 0.3 is 0 Å². The van der Waals surface area contributed by atoms with E-state index in [4.69, 9.17) is 23.2 Å². The summed E-state index contributed by atoms with van der Waals surface area (Å²) in [5.41, 5.74) is 4.08. The van der Waals surface area contributed by atoms with Crippen LogP contribution in [0.3, 0.4) is 0 Å². The zero-order chi connectivity index (χ0) is 18.0. The van der Waals surface area contributed by atoms with Gasteiger partial charge in [0.05, 0.1) is 0 Å². The van der Waals surface area contributed by atoms with Crippen molar-refractivity contribution in [2.24, 2.45) is 0 Å². The van der Waals surface area contributed by atoms with Gasteiger partial charge in [-0.1, -0.05) is 35.3 Å². The predicted octanol–water partition coefficient (Wildman–Crippen LogP) is 4.57. The van der Waals surface area contributed by atoms with Gasteiger partial charge in [0.15, 0.2) is 0 Å². The van der Waals surface area contributed by atoms with Gasteiger partial charge in [0, 0.05) is 53.9 Å². The second kappa shape index (κ2) is 7.77. The third-order valence-electron chi connectivity index (χ3n) is 4.86. The number of nitrogens with zero attached hydrogens (tertiary/aromatic N) is 2. The lowest BCUT2D eigenvalue weighted by atomic mass is 10.1. The number of hydrogen-bond donors (Lipinski definition) is 0. The predicted molar refractivity (Wildman–Crippen MR) is 104 cm³/mol. The minimum atomic E-state index is 0.110. The van der Waals surface area contributed by atoms with E-state index in [1.165, 1.54) is 5.56 Å². The van der Waals surface area contributed by atoms with E-state index < -0.39 is 0 Å². The number of carbonyl (C=O) groups is 1. The normalized spacial score (nSPS) is 15.4. The average Bonchev–Trinajstić information content (AvgIpc) is 2.61. The first-order valence-corrected chi connectivity index (χ1v) is 9.23. The van der Waals surface area contributed by atoms with E-state index in [0.717, 1.165) is 29.8 Å². The number of halogens is 2. The van der Waals surface area contributed by atoms with E-state index in [0.29, 0.717) is 29.7 Å². The van der Waals surface area contributed by atoms with Crippen LogP contribution in [0.15, 0.2) is 36.4 Å². The van der Waals surface area contributed by atoms with Gasteiger partial charge in [-0.3, -0.25) is 9.69 Å². The lowest BCUT2D eigenvalue weighted by Crippen LogP contribution is -2.48. The van der Waals surface area contributed by atoms with Crippen LogP contribution in [0.2, 0.25) is 10.0 Å². The number of carbonyl (C=O) groups excluding carboxylic acids is 1. The summed E-state index contributed by atoms with van der Waals surface area (Å²) in [6.07, 6.45) is 0. The van der Waals surface area contributed by atoms with E-state index in [1.54, 1.807) is 0 Å². The third-order valence-corrected chi connectivity index (χ3v) is 5.56. The summed E-state index contributed by atoms with van der Waals surface area (Å²) < 4.78 is 0. The molecule has 0 aromatic heterocycles. The number of aryl methyl sites for hydroxylation is 2. The van der Waals surface area contributed by atoms with Crippen molar-refractivity contribution in [3.05, 3.63) is 68.7 Å². The molecule has 25 heavy (non-hydrogen) atoms. The molecular formula is C20H22Cl2N2O. The number of hydrogen-bond acceptors (Lipinski definition) is 2. The fourth-order valence-electron chi connectivity index (χ4n) is 3.07. The quantitative estimate of drug-likeness (QED) is 0.783. The first kappa shape index (κ1) is 18.2. The van der Waals surface area contributed by atoms with E-state index in [9.17, 15) is 4.79 Å². The van der Waals surface area contributed by atoms with Gasteiger partial charge in [0.25, 0.3) is 5.91 Å². The molecule has 5 heteroatoms. The highest BCUT2D eigenvalue weighted by molar-refractivity contribution is 6.35. The first-order chi connectivity index (χ1) is 12.0. The van der Waals surface area contributed by atoms with Crippen LogP contribution >= 0.6 is 23.2 Å². The molecule has 1 saturated heterocycles. The minimum absolute atomic E-state index is 0.110. The van der Waals surface area contributed by atoms with Crippen LogP contribution < -0.4 is 0 Å². The zero-order valence-electron chi connectivity index (χ0n) is 14.6. The molecule has 2 aromatic rings. The SMILES string of the molecule is Cc1ccc(C(=O)N2CCN(Cc3c(Cl)cccc3Cl)CC2)cc1C. The maximum Gasteiger partial charge on any atom is 0.253 e. The van der Waals surface area contributed by atoms with E-state index in [1.807, 2.05) is 48.2 Å². The highest BCUT2D eigenvalue weighted by Gasteiger charge is 2.23. The van der Waals surface area contributed by atoms with Crippen molar-refractivity contribution in [2.75, 3.05) is 26.2 Å². The fourth-order valence-corrected chi connectivity index (χ4v) is 3.59. The Morgan fingerprint density at radius 1 is 0.960 bits per heavy atom. The van der Waals surface area contributed by atoms with Gasteiger partial charge in [-0.05, 0) is 49.2 Å². The molecule has 3 nitrogen and oxygen atoms in total. The van der Waals surface area contributed by atoms with E-state index in [2.05, 4.69) is 11.8 Å². The summed E-state index contributed by atoms with van der Waals surface area (Å²) in [5.74, 6) is 0.110. The molecule has 1 aliphatic heterocycles.